The first-order chi connectivity index (χ1) is 9.26. The summed E-state index contributed by atoms with van der Waals surface area (Å²) >= 11 is 2.05. The number of ether oxygens (including phenoxy) is 2. The molecule has 2 saturated heterocycles. The fourth-order valence-electron chi connectivity index (χ4n) is 3.06. The van der Waals surface area contributed by atoms with Crippen LogP contribution in [-0.4, -0.2) is 29.8 Å². The smallest absolute Gasteiger partial charge is 0.119 e. The first kappa shape index (κ1) is 13.3. The lowest BCUT2D eigenvalue weighted by Gasteiger charge is -2.43. The molecular weight excluding hydrogens is 256 g/mol. The largest absolute Gasteiger partial charge is 0.490 e. The molecule has 0 N–H and O–H groups in total. The van der Waals surface area contributed by atoms with Crippen LogP contribution in [-0.2, 0) is 4.74 Å². The second-order valence-corrected chi connectivity index (χ2v) is 6.92. The molecule has 0 aromatic heterocycles. The first-order valence-corrected chi connectivity index (χ1v) is 8.36. The second kappa shape index (κ2) is 5.76. The molecule has 19 heavy (non-hydrogen) atoms. The van der Waals surface area contributed by atoms with E-state index in [4.69, 9.17) is 9.47 Å². The summed E-state index contributed by atoms with van der Waals surface area (Å²) in [6, 6.07) is 8.36. The molecule has 1 spiro atoms. The topological polar surface area (TPSA) is 18.5 Å². The van der Waals surface area contributed by atoms with Gasteiger partial charge in [-0.2, -0.15) is 11.8 Å². The van der Waals surface area contributed by atoms with Crippen molar-refractivity contribution in [1.29, 1.82) is 0 Å². The highest BCUT2D eigenvalue weighted by Gasteiger charge is 2.39. The average Bonchev–Trinajstić information content (AvgIpc) is 2.40. The Morgan fingerprint density at radius 1 is 1.32 bits per heavy atom. The Balaban J connectivity index is 1.65. The molecule has 2 aliphatic heterocycles. The zero-order chi connectivity index (χ0) is 13.1. The minimum absolute atomic E-state index is 0.109. The van der Waals surface area contributed by atoms with Crippen molar-refractivity contribution >= 4 is 11.8 Å². The molecule has 0 amide bonds. The Morgan fingerprint density at radius 3 is 2.95 bits per heavy atom. The molecule has 2 aliphatic rings. The maximum Gasteiger partial charge on any atom is 0.119 e. The molecule has 0 aliphatic carbocycles. The summed E-state index contributed by atoms with van der Waals surface area (Å²) in [5.74, 6) is 3.47. The maximum atomic E-state index is 6.18. The fraction of sp³-hybridized carbons (Fsp3) is 0.625. The molecule has 2 heterocycles. The zero-order valence-corrected chi connectivity index (χ0v) is 12.4. The highest BCUT2D eigenvalue weighted by Crippen LogP contribution is 2.38. The zero-order valence-electron chi connectivity index (χ0n) is 11.6. The highest BCUT2D eigenvalue weighted by molar-refractivity contribution is 7.99. The first-order valence-electron chi connectivity index (χ1n) is 7.21. The van der Waals surface area contributed by atoms with Gasteiger partial charge in [-0.15, -0.1) is 0 Å². The van der Waals surface area contributed by atoms with Crippen LogP contribution in [0.2, 0.25) is 0 Å². The van der Waals surface area contributed by atoms with Gasteiger partial charge in [-0.1, -0.05) is 12.1 Å². The molecule has 3 rings (SSSR count). The summed E-state index contributed by atoms with van der Waals surface area (Å²) in [7, 11) is 0. The van der Waals surface area contributed by atoms with Gasteiger partial charge >= 0.3 is 0 Å². The summed E-state index contributed by atoms with van der Waals surface area (Å²) in [5, 5.41) is 0. The van der Waals surface area contributed by atoms with Gasteiger partial charge in [0, 0.05) is 12.8 Å². The fourth-order valence-corrected chi connectivity index (χ4v) is 4.29. The quantitative estimate of drug-likeness (QED) is 0.819. The number of thioether (sulfide) groups is 1. The molecule has 104 valence electrons. The van der Waals surface area contributed by atoms with Crippen molar-refractivity contribution in [1.82, 2.24) is 0 Å². The van der Waals surface area contributed by atoms with E-state index in [9.17, 15) is 0 Å². The molecule has 0 bridgehead atoms. The molecule has 3 heteroatoms. The summed E-state index contributed by atoms with van der Waals surface area (Å²) in [5.41, 5.74) is 1.37. The number of hydrogen-bond acceptors (Lipinski definition) is 3. The van der Waals surface area contributed by atoms with Gasteiger partial charge in [0.25, 0.3) is 0 Å². The molecule has 2 nitrogen and oxygen atoms in total. The van der Waals surface area contributed by atoms with Crippen molar-refractivity contribution in [2.75, 3.05) is 18.1 Å². The van der Waals surface area contributed by atoms with Crippen molar-refractivity contribution in [2.24, 2.45) is 0 Å². The average molecular weight is 278 g/mol. The highest BCUT2D eigenvalue weighted by atomic mass is 32.2. The maximum absolute atomic E-state index is 6.18. The van der Waals surface area contributed by atoms with Gasteiger partial charge in [0.2, 0.25) is 0 Å². The van der Waals surface area contributed by atoms with Crippen LogP contribution in [0.4, 0.5) is 0 Å². The Bertz CT molecular complexity index is 421. The van der Waals surface area contributed by atoms with Crippen molar-refractivity contribution in [3.8, 4) is 5.75 Å². The summed E-state index contributed by atoms with van der Waals surface area (Å²) < 4.78 is 12.3. The molecule has 1 aromatic rings. The third kappa shape index (κ3) is 3.26. The van der Waals surface area contributed by atoms with Crippen molar-refractivity contribution < 1.29 is 9.47 Å². The molecule has 1 aromatic carbocycles. The Labute approximate surface area is 119 Å². The van der Waals surface area contributed by atoms with Crippen molar-refractivity contribution in [3.63, 3.8) is 0 Å². The van der Waals surface area contributed by atoms with Crippen molar-refractivity contribution in [2.45, 2.75) is 44.3 Å². The molecule has 1 unspecified atom stereocenters. The second-order valence-electron chi connectivity index (χ2n) is 5.69. The molecule has 0 radical (unpaired) electrons. The lowest BCUT2D eigenvalue weighted by Crippen LogP contribution is -2.46. The van der Waals surface area contributed by atoms with Crippen LogP contribution < -0.4 is 4.74 Å². The van der Waals surface area contributed by atoms with Crippen LogP contribution in [0.15, 0.2) is 24.3 Å². The SMILES string of the molecule is Cc1cccc(OC2CCOC3(CCSCC3)C2)c1. The minimum Gasteiger partial charge on any atom is -0.490 e. The predicted octanol–water partition coefficient (Wildman–Crippen LogP) is 3.82. The van der Waals surface area contributed by atoms with Gasteiger partial charge in [0.15, 0.2) is 0 Å². The van der Waals surface area contributed by atoms with E-state index < -0.39 is 0 Å². The number of benzene rings is 1. The normalized spacial score (nSPS) is 26.3. The van der Waals surface area contributed by atoms with Gasteiger partial charge < -0.3 is 9.47 Å². The lowest BCUT2D eigenvalue weighted by atomic mass is 9.86. The third-order valence-electron chi connectivity index (χ3n) is 4.14. The third-order valence-corrected chi connectivity index (χ3v) is 5.13. The van der Waals surface area contributed by atoms with Gasteiger partial charge in [0.1, 0.15) is 11.9 Å². The summed E-state index contributed by atoms with van der Waals surface area (Å²) in [6.07, 6.45) is 4.76. The van der Waals surface area contributed by atoms with Crippen LogP contribution in [0.25, 0.3) is 0 Å². The van der Waals surface area contributed by atoms with Crippen LogP contribution in [0.5, 0.6) is 5.75 Å². The van der Waals surface area contributed by atoms with E-state index in [2.05, 4.69) is 31.2 Å². The van der Waals surface area contributed by atoms with Crippen molar-refractivity contribution in [3.05, 3.63) is 29.8 Å². The van der Waals surface area contributed by atoms with E-state index >= 15 is 0 Å². The molecule has 2 fully saturated rings. The Kier molecular flexibility index (Phi) is 4.04. The van der Waals surface area contributed by atoms with Crippen LogP contribution >= 0.6 is 11.8 Å². The van der Waals surface area contributed by atoms with Gasteiger partial charge in [-0.25, -0.2) is 0 Å². The molecule has 0 saturated carbocycles. The number of hydrogen-bond donors (Lipinski definition) is 0. The van der Waals surface area contributed by atoms with Gasteiger partial charge in [-0.3, -0.25) is 0 Å². The molecular formula is C16H22O2S. The van der Waals surface area contributed by atoms with E-state index in [-0.39, 0.29) is 5.60 Å². The van der Waals surface area contributed by atoms with E-state index in [0.29, 0.717) is 6.10 Å². The minimum atomic E-state index is 0.109. The Morgan fingerprint density at radius 2 is 2.16 bits per heavy atom. The molecule has 1 atom stereocenters. The number of rotatable bonds is 2. The van der Waals surface area contributed by atoms with E-state index in [1.54, 1.807) is 0 Å². The monoisotopic (exact) mass is 278 g/mol. The Hall–Kier alpha value is -0.670. The van der Waals surface area contributed by atoms with Gasteiger partial charge in [0.05, 0.1) is 12.2 Å². The van der Waals surface area contributed by atoms with Crippen LogP contribution in [0.1, 0.15) is 31.2 Å². The summed E-state index contributed by atoms with van der Waals surface area (Å²) in [6.45, 7) is 2.96. The standard InChI is InChI=1S/C16H22O2S/c1-13-3-2-4-14(11-13)18-15-5-8-17-16(12-15)6-9-19-10-7-16/h2-4,11,15H,5-10,12H2,1H3. The number of aryl methyl sites for hydroxylation is 1. The lowest BCUT2D eigenvalue weighted by molar-refractivity contribution is -0.116. The summed E-state index contributed by atoms with van der Waals surface area (Å²) in [4.78, 5) is 0. The van der Waals surface area contributed by atoms with Crippen LogP contribution in [0.3, 0.4) is 0 Å². The van der Waals surface area contributed by atoms with Gasteiger partial charge in [-0.05, 0) is 49.0 Å². The predicted molar refractivity (Wildman–Crippen MR) is 80.1 cm³/mol. The van der Waals surface area contributed by atoms with E-state index in [0.717, 1.165) is 25.2 Å². The van der Waals surface area contributed by atoms with E-state index in [1.807, 2.05) is 11.8 Å². The van der Waals surface area contributed by atoms with Crippen LogP contribution in [0, 0.1) is 6.92 Å². The van der Waals surface area contributed by atoms with E-state index in [1.165, 1.54) is 29.9 Å².